The molecule has 15 unspecified atom stereocenters. The quantitative estimate of drug-likeness (QED) is 0.0235. The summed E-state index contributed by atoms with van der Waals surface area (Å²) in [6, 6.07) is 1.42. The molecule has 6 aliphatic carbocycles. The zero-order valence-corrected chi connectivity index (χ0v) is 57.1. The number of ether oxygens (including phenoxy) is 1. The van der Waals surface area contributed by atoms with Gasteiger partial charge in [0.15, 0.2) is 0 Å². The first-order valence-electron chi connectivity index (χ1n) is 35.5. The average molecular weight is 1160 g/mol. The number of fused-ring (bicyclic) bond motifs is 6. The molecule has 16 atom stereocenters. The van der Waals surface area contributed by atoms with Crippen LogP contribution in [0.3, 0.4) is 0 Å². The Kier molecular flexibility index (Phi) is 35.5. The Morgan fingerprint density at radius 3 is 1.90 bits per heavy atom. The number of nitrogens with two attached hydrogens (primary N) is 1. The van der Waals surface area contributed by atoms with E-state index >= 15 is 0 Å². The van der Waals surface area contributed by atoms with Crippen LogP contribution in [0.5, 0.6) is 0 Å². The summed E-state index contributed by atoms with van der Waals surface area (Å²) in [5, 5.41) is 32.2. The number of aliphatic hydroxyl groups is 1. The van der Waals surface area contributed by atoms with Gasteiger partial charge in [0.1, 0.15) is 0 Å². The van der Waals surface area contributed by atoms with Gasteiger partial charge >= 0.3 is 5.97 Å². The van der Waals surface area contributed by atoms with Gasteiger partial charge in [0.25, 0.3) is 0 Å². The van der Waals surface area contributed by atoms with Gasteiger partial charge in [-0.25, -0.2) is 0 Å². The summed E-state index contributed by atoms with van der Waals surface area (Å²) in [6.07, 6.45) is 32.3. The van der Waals surface area contributed by atoms with E-state index < -0.39 is 5.60 Å². The fourth-order valence-corrected chi connectivity index (χ4v) is 18.3. The largest absolute Gasteiger partial charge is 0.469 e. The molecular weight excluding hydrogens is 1010 g/mol. The molecule has 6 fully saturated rings. The van der Waals surface area contributed by atoms with E-state index in [9.17, 15) is 14.7 Å². The number of carbonyl (C=O) groups is 2. The number of carbonyl (C=O) groups excluding carboxylic acids is 2. The molecule has 11 nitrogen and oxygen atoms in total. The normalized spacial score (nSPS) is 33.0. The number of esters is 1. The summed E-state index contributed by atoms with van der Waals surface area (Å²) in [5.74, 6) is 7.78. The molecule has 0 heterocycles. The lowest BCUT2D eigenvalue weighted by Crippen LogP contribution is -2.62. The van der Waals surface area contributed by atoms with Crippen molar-refractivity contribution in [3.8, 4) is 0 Å². The molecule has 6 aliphatic rings. The van der Waals surface area contributed by atoms with E-state index in [2.05, 4.69) is 115 Å². The maximum Gasteiger partial charge on any atom is 0.305 e. The van der Waals surface area contributed by atoms with Gasteiger partial charge in [0.2, 0.25) is 5.91 Å². The predicted octanol–water partition coefficient (Wildman–Crippen LogP) is 14.2. The Hall–Kier alpha value is -1.34. The molecule has 484 valence electrons. The van der Waals surface area contributed by atoms with E-state index in [4.69, 9.17) is 10.5 Å². The number of hydrogen-bond acceptors (Lipinski definition) is 10. The van der Waals surface area contributed by atoms with Crippen LogP contribution in [0.2, 0.25) is 0 Å². The standard InChI is InChI=1S/C32H57N3O3.C24H46O.C13H32N4.C2H6/c1-20(2)33-16-17-34-24-12-14-31(5)23(18-24)19-28(35-22(4)36)30-26-10-9-25(21(3)8-11-29(37)38-7)32(26,6)15-13-27(30)31;1-7-11-20-21-15-14-19(13-10-9-12-18(3)4)23(21,5)17-16-22(20)24(6,25)8-2;1-2-8-15-12-6-13-17-10-4-3-9-16-11-5-7-14;1-2/h20-21,23-28,30,33-34H,8-19H2,1-7H3,(H,35,36);18-22,25H,7-17H2,1-6H3;15-17H,2-14H2,1H3;1-2H3/t21?,23-,24?,25?,26?,27?,28?,30?,31?,32?;;;/m1.../s1. The molecule has 0 radical (unpaired) electrons. The van der Waals surface area contributed by atoms with Crippen LogP contribution in [0.15, 0.2) is 0 Å². The Balaban J connectivity index is 0.000000346. The lowest BCUT2D eigenvalue weighted by atomic mass is 9.43. The molecule has 6 rings (SSSR count). The smallest absolute Gasteiger partial charge is 0.305 e. The highest BCUT2D eigenvalue weighted by molar-refractivity contribution is 5.73. The molecule has 6 saturated carbocycles. The molecule has 0 saturated heterocycles. The van der Waals surface area contributed by atoms with Gasteiger partial charge in [0, 0.05) is 44.6 Å². The molecule has 1 amide bonds. The lowest BCUT2D eigenvalue weighted by molar-refractivity contribution is -0.142. The van der Waals surface area contributed by atoms with Gasteiger partial charge in [-0.1, -0.05) is 122 Å². The molecule has 9 N–H and O–H groups in total. The molecule has 0 aromatic heterocycles. The second-order valence-electron chi connectivity index (χ2n) is 29.2. The first-order chi connectivity index (χ1) is 39.2. The maximum atomic E-state index is 12.5. The third-order valence-corrected chi connectivity index (χ3v) is 23.0. The predicted molar refractivity (Wildman–Crippen MR) is 351 cm³/mol. The van der Waals surface area contributed by atoms with Crippen molar-refractivity contribution < 1.29 is 19.4 Å². The number of amides is 1. The van der Waals surface area contributed by atoms with Crippen LogP contribution in [0.4, 0.5) is 0 Å². The minimum Gasteiger partial charge on any atom is -0.469 e. The molecule has 11 heteroatoms. The van der Waals surface area contributed by atoms with Gasteiger partial charge in [-0.3, -0.25) is 9.59 Å². The molecular formula is C71H141N7O4. The number of nitrogens with one attached hydrogen (secondary N) is 6. The van der Waals surface area contributed by atoms with Crippen molar-refractivity contribution in [1.29, 1.82) is 0 Å². The van der Waals surface area contributed by atoms with Crippen molar-refractivity contribution in [3.05, 3.63) is 0 Å². The Labute approximate surface area is 508 Å². The zero-order chi connectivity index (χ0) is 60.9. The van der Waals surface area contributed by atoms with Crippen LogP contribution in [-0.4, -0.2) is 107 Å². The van der Waals surface area contributed by atoms with E-state index in [-0.39, 0.29) is 11.9 Å². The highest BCUT2D eigenvalue weighted by atomic mass is 16.5. The van der Waals surface area contributed by atoms with Crippen molar-refractivity contribution in [2.45, 2.75) is 295 Å². The van der Waals surface area contributed by atoms with Crippen LogP contribution in [-0.2, 0) is 14.3 Å². The number of methoxy groups -OCH3 is 1. The van der Waals surface area contributed by atoms with Crippen molar-refractivity contribution >= 4 is 11.9 Å². The summed E-state index contributed by atoms with van der Waals surface area (Å²) in [7, 11) is 1.49. The molecule has 0 aromatic carbocycles. The number of unbranched alkanes of at least 4 members (excludes halogenated alkanes) is 2. The van der Waals surface area contributed by atoms with Gasteiger partial charge in [-0.05, 0) is 262 Å². The van der Waals surface area contributed by atoms with Crippen molar-refractivity contribution in [2.24, 2.45) is 87.1 Å². The highest BCUT2D eigenvalue weighted by Crippen LogP contribution is 2.69. The third-order valence-electron chi connectivity index (χ3n) is 23.0. The molecule has 82 heavy (non-hydrogen) atoms. The topological polar surface area (TPSA) is 162 Å². The van der Waals surface area contributed by atoms with Gasteiger partial charge < -0.3 is 47.5 Å². The fourth-order valence-electron chi connectivity index (χ4n) is 18.3. The first kappa shape index (κ1) is 74.9. The van der Waals surface area contributed by atoms with Crippen LogP contribution in [0.1, 0.15) is 271 Å². The summed E-state index contributed by atoms with van der Waals surface area (Å²) in [4.78, 5) is 24.3. The zero-order valence-electron chi connectivity index (χ0n) is 57.1. The van der Waals surface area contributed by atoms with Crippen LogP contribution >= 0.6 is 0 Å². The maximum absolute atomic E-state index is 12.5. The summed E-state index contributed by atoms with van der Waals surface area (Å²) >= 11 is 0. The molecule has 0 aromatic rings. The molecule has 0 bridgehead atoms. The van der Waals surface area contributed by atoms with Crippen LogP contribution < -0.4 is 37.6 Å². The monoisotopic (exact) mass is 1160 g/mol. The van der Waals surface area contributed by atoms with E-state index in [1.807, 2.05) is 13.8 Å². The van der Waals surface area contributed by atoms with Crippen molar-refractivity contribution in [2.75, 3.05) is 66.0 Å². The fraction of sp³-hybridized carbons (Fsp3) is 0.972. The lowest BCUT2D eigenvalue weighted by Gasteiger charge is -2.63. The summed E-state index contributed by atoms with van der Waals surface area (Å²) < 4.78 is 4.94. The van der Waals surface area contributed by atoms with Gasteiger partial charge in [0.05, 0.1) is 12.7 Å². The second-order valence-corrected chi connectivity index (χ2v) is 29.2. The van der Waals surface area contributed by atoms with E-state index in [0.29, 0.717) is 82.2 Å². The Morgan fingerprint density at radius 1 is 0.671 bits per heavy atom. The first-order valence-corrected chi connectivity index (χ1v) is 35.5. The van der Waals surface area contributed by atoms with Crippen LogP contribution in [0.25, 0.3) is 0 Å². The summed E-state index contributed by atoms with van der Waals surface area (Å²) in [6.45, 7) is 43.4. The second kappa shape index (κ2) is 38.8. The van der Waals surface area contributed by atoms with E-state index in [1.165, 1.54) is 142 Å². The third kappa shape index (κ3) is 22.4. The highest BCUT2D eigenvalue weighted by Gasteiger charge is 2.63. The molecule has 0 aliphatic heterocycles. The Bertz CT molecular complexity index is 1680. The molecule has 0 spiro atoms. The van der Waals surface area contributed by atoms with Crippen molar-refractivity contribution in [1.82, 2.24) is 31.9 Å². The summed E-state index contributed by atoms with van der Waals surface area (Å²) in [5.41, 5.74) is 6.19. The number of hydrogen-bond donors (Lipinski definition) is 8. The van der Waals surface area contributed by atoms with E-state index in [0.717, 1.165) is 108 Å². The van der Waals surface area contributed by atoms with Crippen molar-refractivity contribution in [3.63, 3.8) is 0 Å². The van der Waals surface area contributed by atoms with Gasteiger partial charge in [-0.2, -0.15) is 0 Å². The number of rotatable bonds is 33. The van der Waals surface area contributed by atoms with E-state index in [1.54, 1.807) is 6.92 Å². The SMILES string of the molecule is CC.CCCC1C(C(C)(O)CC)CCC2(C)C(CCCCC(C)C)CCC12.CCCNCCCNCCCCNCCCN.COC(=O)CCC(C)C1CCC2C3C(NC(C)=O)C[C@H]4CC(NCCNC(C)C)CCC4(C)C3CCC12C. The average Bonchev–Trinajstić information content (AvgIpc) is 4.05. The minimum atomic E-state index is -0.462. The van der Waals surface area contributed by atoms with Crippen LogP contribution in [0, 0.1) is 81.3 Å². The Morgan fingerprint density at radius 2 is 1.29 bits per heavy atom. The van der Waals surface area contributed by atoms with Gasteiger partial charge in [-0.15, -0.1) is 0 Å². The minimum absolute atomic E-state index is 0.0847.